The van der Waals surface area contributed by atoms with E-state index >= 15 is 0 Å². The average molecular weight is 275 g/mol. The molecule has 1 aromatic heterocycles. The van der Waals surface area contributed by atoms with E-state index in [1.165, 1.54) is 12.8 Å². The zero-order valence-corrected chi connectivity index (χ0v) is 13.2. The van der Waals surface area contributed by atoms with Crippen LogP contribution >= 0.6 is 0 Å². The van der Waals surface area contributed by atoms with Crippen LogP contribution in [0.5, 0.6) is 5.88 Å². The molecule has 0 spiro atoms. The van der Waals surface area contributed by atoms with Crippen LogP contribution in [0.1, 0.15) is 51.3 Å². The van der Waals surface area contributed by atoms with E-state index in [0.717, 1.165) is 12.1 Å². The molecule has 4 nitrogen and oxygen atoms in total. The van der Waals surface area contributed by atoms with Crippen LogP contribution in [-0.2, 0) is 7.05 Å². The molecule has 110 valence electrons. The van der Waals surface area contributed by atoms with Crippen LogP contribution in [0.3, 0.4) is 0 Å². The molecule has 1 saturated carbocycles. The minimum atomic E-state index is 0.195. The van der Waals surface area contributed by atoms with E-state index in [9.17, 15) is 5.26 Å². The molecule has 0 bridgehead atoms. The maximum absolute atomic E-state index is 9.29. The van der Waals surface area contributed by atoms with Crippen molar-refractivity contribution in [2.24, 2.45) is 24.8 Å². The lowest BCUT2D eigenvalue weighted by molar-refractivity contribution is 0.0393. The molecule has 0 N–H and O–H groups in total. The van der Waals surface area contributed by atoms with Crippen molar-refractivity contribution >= 4 is 0 Å². The van der Waals surface area contributed by atoms with Crippen molar-refractivity contribution in [1.82, 2.24) is 9.78 Å². The number of nitriles is 1. The summed E-state index contributed by atoms with van der Waals surface area (Å²) >= 11 is 0. The maximum Gasteiger partial charge on any atom is 0.230 e. The Morgan fingerprint density at radius 2 is 2.10 bits per heavy atom. The first kappa shape index (κ1) is 14.9. The second-order valence-electron chi connectivity index (χ2n) is 6.48. The lowest BCUT2D eigenvalue weighted by atomic mass is 9.75. The van der Waals surface area contributed by atoms with Crippen molar-refractivity contribution in [3.63, 3.8) is 0 Å². The summed E-state index contributed by atoms with van der Waals surface area (Å²) in [6.45, 7) is 8.66. The Hall–Kier alpha value is -1.50. The van der Waals surface area contributed by atoms with Gasteiger partial charge in [-0.3, -0.25) is 0 Å². The third kappa shape index (κ3) is 2.82. The Kier molecular flexibility index (Phi) is 4.37. The molecule has 3 unspecified atom stereocenters. The van der Waals surface area contributed by atoms with E-state index in [2.05, 4.69) is 31.9 Å². The van der Waals surface area contributed by atoms with Crippen molar-refractivity contribution in [2.75, 3.05) is 0 Å². The van der Waals surface area contributed by atoms with Crippen molar-refractivity contribution in [1.29, 1.82) is 5.26 Å². The Labute approximate surface area is 121 Å². The van der Waals surface area contributed by atoms with Gasteiger partial charge < -0.3 is 4.74 Å². The van der Waals surface area contributed by atoms with E-state index in [4.69, 9.17) is 4.74 Å². The number of aromatic nitrogens is 2. The normalized spacial score (nSPS) is 26.6. The van der Waals surface area contributed by atoms with Gasteiger partial charge in [0.2, 0.25) is 5.88 Å². The van der Waals surface area contributed by atoms with Gasteiger partial charge in [-0.25, -0.2) is 4.68 Å². The summed E-state index contributed by atoms with van der Waals surface area (Å²) in [5, 5.41) is 13.6. The standard InChI is InChI=1S/C16H25N3O/c1-10(2)13-7-6-11(3)8-15(13)20-16-14(9-17)12(4)18-19(16)5/h10-11,13,15H,6-8H2,1-5H3. The van der Waals surface area contributed by atoms with E-state index in [-0.39, 0.29) is 6.10 Å². The van der Waals surface area contributed by atoms with Gasteiger partial charge in [0, 0.05) is 7.05 Å². The van der Waals surface area contributed by atoms with Crippen LogP contribution in [0.2, 0.25) is 0 Å². The highest BCUT2D eigenvalue weighted by molar-refractivity contribution is 5.42. The van der Waals surface area contributed by atoms with Crippen LogP contribution in [0.4, 0.5) is 0 Å². The lowest BCUT2D eigenvalue weighted by Gasteiger charge is -2.37. The summed E-state index contributed by atoms with van der Waals surface area (Å²) in [4.78, 5) is 0. The predicted octanol–water partition coefficient (Wildman–Crippen LogP) is 3.44. The van der Waals surface area contributed by atoms with Gasteiger partial charge in [0.15, 0.2) is 0 Å². The van der Waals surface area contributed by atoms with Gasteiger partial charge in [-0.15, -0.1) is 0 Å². The predicted molar refractivity (Wildman–Crippen MR) is 78.4 cm³/mol. The third-order valence-electron chi connectivity index (χ3n) is 4.51. The monoisotopic (exact) mass is 275 g/mol. The summed E-state index contributed by atoms with van der Waals surface area (Å²) in [7, 11) is 1.85. The maximum atomic E-state index is 9.29. The van der Waals surface area contributed by atoms with Crippen LogP contribution in [0.25, 0.3) is 0 Å². The van der Waals surface area contributed by atoms with Crippen molar-refractivity contribution in [3.8, 4) is 11.9 Å². The van der Waals surface area contributed by atoms with Gasteiger partial charge in [0.05, 0.1) is 5.69 Å². The van der Waals surface area contributed by atoms with E-state index in [0.29, 0.717) is 29.2 Å². The molecule has 0 saturated heterocycles. The molecule has 1 aliphatic rings. The second-order valence-corrected chi connectivity index (χ2v) is 6.48. The molecular weight excluding hydrogens is 250 g/mol. The molecule has 1 aliphatic carbocycles. The van der Waals surface area contributed by atoms with E-state index in [1.54, 1.807) is 4.68 Å². The van der Waals surface area contributed by atoms with Crippen molar-refractivity contribution in [2.45, 2.75) is 53.1 Å². The molecule has 1 heterocycles. The molecule has 1 aromatic rings. The molecule has 4 heteroatoms. The fraction of sp³-hybridized carbons (Fsp3) is 0.750. The van der Waals surface area contributed by atoms with Crippen molar-refractivity contribution in [3.05, 3.63) is 11.3 Å². The molecule has 2 rings (SSSR count). The second kappa shape index (κ2) is 5.87. The molecule has 1 fully saturated rings. The van der Waals surface area contributed by atoms with Crippen LogP contribution in [0, 0.1) is 36.0 Å². The molecule has 0 aliphatic heterocycles. The Morgan fingerprint density at radius 1 is 1.40 bits per heavy atom. The zero-order valence-electron chi connectivity index (χ0n) is 13.2. The zero-order chi connectivity index (χ0) is 14.9. The minimum Gasteiger partial charge on any atom is -0.473 e. The molecule has 0 aromatic carbocycles. The highest BCUT2D eigenvalue weighted by atomic mass is 16.5. The minimum absolute atomic E-state index is 0.195. The molecule has 0 amide bonds. The van der Waals surface area contributed by atoms with Gasteiger partial charge >= 0.3 is 0 Å². The summed E-state index contributed by atoms with van der Waals surface area (Å²) in [6.07, 6.45) is 3.75. The van der Waals surface area contributed by atoms with Crippen molar-refractivity contribution < 1.29 is 4.74 Å². The lowest BCUT2D eigenvalue weighted by Crippen LogP contribution is -2.37. The Bertz CT molecular complexity index is 513. The number of ether oxygens (including phenoxy) is 1. The molecule has 3 atom stereocenters. The SMILES string of the molecule is Cc1nn(C)c(OC2CC(C)CCC2C(C)C)c1C#N. The Balaban J connectivity index is 2.25. The first-order chi connectivity index (χ1) is 9.43. The van der Waals surface area contributed by atoms with E-state index in [1.807, 2.05) is 14.0 Å². The quantitative estimate of drug-likeness (QED) is 0.849. The van der Waals surface area contributed by atoms with Gasteiger partial charge in [-0.1, -0.05) is 27.2 Å². The van der Waals surface area contributed by atoms with Crippen LogP contribution in [0.15, 0.2) is 0 Å². The summed E-state index contributed by atoms with van der Waals surface area (Å²) in [5.74, 6) is 2.49. The molecule has 0 radical (unpaired) electrons. The average Bonchev–Trinajstić information content (AvgIpc) is 2.63. The number of hydrogen-bond acceptors (Lipinski definition) is 3. The topological polar surface area (TPSA) is 50.8 Å². The third-order valence-corrected chi connectivity index (χ3v) is 4.51. The fourth-order valence-electron chi connectivity index (χ4n) is 3.29. The molecule has 20 heavy (non-hydrogen) atoms. The van der Waals surface area contributed by atoms with Crippen LogP contribution < -0.4 is 4.74 Å². The number of nitrogens with zero attached hydrogens (tertiary/aromatic N) is 3. The number of hydrogen-bond donors (Lipinski definition) is 0. The fourth-order valence-corrected chi connectivity index (χ4v) is 3.29. The van der Waals surface area contributed by atoms with Gasteiger partial charge in [-0.05, 0) is 37.5 Å². The first-order valence-electron chi connectivity index (χ1n) is 7.54. The van der Waals surface area contributed by atoms with Gasteiger partial charge in [-0.2, -0.15) is 10.4 Å². The van der Waals surface area contributed by atoms with E-state index < -0.39 is 0 Å². The van der Waals surface area contributed by atoms with Gasteiger partial charge in [0.1, 0.15) is 17.7 Å². The Morgan fingerprint density at radius 3 is 2.70 bits per heavy atom. The summed E-state index contributed by atoms with van der Waals surface area (Å²) in [5.41, 5.74) is 1.32. The van der Waals surface area contributed by atoms with Crippen LogP contribution in [-0.4, -0.2) is 15.9 Å². The smallest absolute Gasteiger partial charge is 0.230 e. The number of aryl methyl sites for hydroxylation is 2. The first-order valence-corrected chi connectivity index (χ1v) is 7.54. The van der Waals surface area contributed by atoms with Gasteiger partial charge in [0.25, 0.3) is 0 Å². The molecular formula is C16H25N3O. The summed E-state index contributed by atoms with van der Waals surface area (Å²) in [6, 6.07) is 2.22. The highest BCUT2D eigenvalue weighted by Gasteiger charge is 2.33. The number of rotatable bonds is 3. The largest absolute Gasteiger partial charge is 0.473 e. The highest BCUT2D eigenvalue weighted by Crippen LogP contribution is 2.36. The summed E-state index contributed by atoms with van der Waals surface area (Å²) < 4.78 is 7.95.